The number of anilines is 1. The molecular formula is C16H19N5O5. The van der Waals surface area contributed by atoms with Crippen LogP contribution in [0.15, 0.2) is 35.5 Å². The van der Waals surface area contributed by atoms with E-state index in [9.17, 15) is 15.3 Å². The molecule has 1 fully saturated rings. The number of rotatable bonds is 5. The van der Waals surface area contributed by atoms with Gasteiger partial charge in [0.15, 0.2) is 23.2 Å². The third-order valence-electron chi connectivity index (χ3n) is 4.56. The molecule has 0 saturated carbocycles. The van der Waals surface area contributed by atoms with Crippen molar-refractivity contribution < 1.29 is 24.5 Å². The van der Waals surface area contributed by atoms with E-state index in [0.717, 1.165) is 5.76 Å². The lowest BCUT2D eigenvalue weighted by Gasteiger charge is -2.27. The highest BCUT2D eigenvalue weighted by Gasteiger charge is 2.53. The molecule has 26 heavy (non-hydrogen) atoms. The number of nitrogens with zero attached hydrogens (tertiary/aromatic N) is 4. The molecule has 1 aliphatic heterocycles. The number of aromatic nitrogens is 4. The second-order valence-corrected chi connectivity index (χ2v) is 6.36. The first-order chi connectivity index (χ1) is 12.5. The molecule has 3 aromatic rings. The predicted octanol–water partition coefficient (Wildman–Crippen LogP) is 0.0330. The van der Waals surface area contributed by atoms with E-state index in [2.05, 4.69) is 20.3 Å². The molecule has 4 N–H and O–H groups in total. The summed E-state index contributed by atoms with van der Waals surface area (Å²) in [5.41, 5.74) is -0.702. The van der Waals surface area contributed by atoms with E-state index in [0.29, 0.717) is 23.5 Å². The van der Waals surface area contributed by atoms with Gasteiger partial charge < -0.3 is 29.8 Å². The minimum atomic E-state index is -1.62. The van der Waals surface area contributed by atoms with Crippen LogP contribution in [-0.4, -0.2) is 59.3 Å². The van der Waals surface area contributed by atoms with Crippen molar-refractivity contribution >= 4 is 17.0 Å². The van der Waals surface area contributed by atoms with Crippen LogP contribution >= 0.6 is 0 Å². The monoisotopic (exact) mass is 361 g/mol. The average molecular weight is 361 g/mol. The van der Waals surface area contributed by atoms with Crippen LogP contribution in [0.2, 0.25) is 0 Å². The van der Waals surface area contributed by atoms with Crippen molar-refractivity contribution in [2.75, 3.05) is 11.9 Å². The van der Waals surface area contributed by atoms with E-state index in [-0.39, 0.29) is 0 Å². The number of imidazole rings is 1. The molecule has 0 spiro atoms. The molecule has 0 radical (unpaired) electrons. The molecule has 4 rings (SSSR count). The van der Waals surface area contributed by atoms with Crippen LogP contribution in [0.5, 0.6) is 0 Å². The normalized spacial score (nSPS) is 28.7. The highest BCUT2D eigenvalue weighted by Crippen LogP contribution is 2.39. The quantitative estimate of drug-likeness (QED) is 0.496. The number of ether oxygens (including phenoxy) is 1. The summed E-state index contributed by atoms with van der Waals surface area (Å²) in [4.78, 5) is 12.7. The SMILES string of the molecule is C[C@@]1(O)C(O)[C@@H](CO)O[C@H]1n1cnc2c(NCc3ccco3)ncnc21. The second-order valence-electron chi connectivity index (χ2n) is 6.36. The van der Waals surface area contributed by atoms with Gasteiger partial charge in [0.1, 0.15) is 29.9 Å². The lowest BCUT2D eigenvalue weighted by Crippen LogP contribution is -2.44. The van der Waals surface area contributed by atoms with Crippen molar-refractivity contribution in [2.24, 2.45) is 0 Å². The first-order valence-electron chi connectivity index (χ1n) is 8.13. The van der Waals surface area contributed by atoms with Crippen molar-refractivity contribution in [3.8, 4) is 0 Å². The number of hydrogen-bond donors (Lipinski definition) is 4. The zero-order chi connectivity index (χ0) is 18.3. The number of furan rings is 1. The fraction of sp³-hybridized carbons (Fsp3) is 0.438. The zero-order valence-corrected chi connectivity index (χ0v) is 14.0. The smallest absolute Gasteiger partial charge is 0.168 e. The summed E-state index contributed by atoms with van der Waals surface area (Å²) in [5, 5.41) is 33.3. The van der Waals surface area contributed by atoms with Gasteiger partial charge in [0.2, 0.25) is 0 Å². The fourth-order valence-corrected chi connectivity index (χ4v) is 3.13. The molecule has 0 aromatic carbocycles. The summed E-state index contributed by atoms with van der Waals surface area (Å²) in [5.74, 6) is 1.24. The van der Waals surface area contributed by atoms with Crippen LogP contribution in [-0.2, 0) is 11.3 Å². The number of aliphatic hydroxyl groups is 3. The van der Waals surface area contributed by atoms with Crippen LogP contribution in [0, 0.1) is 0 Å². The molecule has 138 valence electrons. The lowest BCUT2D eigenvalue weighted by molar-refractivity contribution is -0.0950. The highest BCUT2D eigenvalue weighted by molar-refractivity contribution is 5.82. The molecule has 1 unspecified atom stereocenters. The first kappa shape index (κ1) is 16.9. The Morgan fingerprint density at radius 3 is 2.88 bits per heavy atom. The fourth-order valence-electron chi connectivity index (χ4n) is 3.13. The van der Waals surface area contributed by atoms with Crippen molar-refractivity contribution in [2.45, 2.75) is 37.5 Å². The van der Waals surface area contributed by atoms with Crippen LogP contribution in [0.4, 0.5) is 5.82 Å². The predicted molar refractivity (Wildman–Crippen MR) is 89.0 cm³/mol. The number of fused-ring (bicyclic) bond motifs is 1. The molecule has 1 aliphatic rings. The Labute approximate surface area is 148 Å². The standard InChI is InChI=1S/C16H19N5O5/c1-16(24)12(23)10(6-22)26-15(16)21-8-20-11-13(18-7-19-14(11)21)17-5-9-3-2-4-25-9/h2-4,7-8,10,12,15,22-24H,5-6H2,1H3,(H,17,18,19)/t10-,12?,15-,16-/m1/s1. The Morgan fingerprint density at radius 2 is 2.19 bits per heavy atom. The van der Waals surface area contributed by atoms with E-state index < -0.39 is 30.6 Å². The Bertz CT molecular complexity index is 894. The van der Waals surface area contributed by atoms with Crippen LogP contribution in [0.1, 0.15) is 18.9 Å². The summed E-state index contributed by atoms with van der Waals surface area (Å²) in [6, 6.07) is 3.63. The Kier molecular flexibility index (Phi) is 4.11. The maximum absolute atomic E-state index is 10.6. The molecule has 10 nitrogen and oxygen atoms in total. The third kappa shape index (κ3) is 2.63. The minimum absolute atomic E-state index is 0.411. The summed E-state index contributed by atoms with van der Waals surface area (Å²) in [6.45, 7) is 1.46. The molecule has 0 aliphatic carbocycles. The van der Waals surface area contributed by atoms with Crippen molar-refractivity contribution in [3.63, 3.8) is 0 Å². The molecule has 4 atom stereocenters. The van der Waals surface area contributed by atoms with Gasteiger partial charge in [-0.2, -0.15) is 0 Å². The van der Waals surface area contributed by atoms with E-state index in [4.69, 9.17) is 9.15 Å². The minimum Gasteiger partial charge on any atom is -0.467 e. The molecule has 0 amide bonds. The number of aliphatic hydroxyl groups excluding tert-OH is 2. The van der Waals surface area contributed by atoms with Crippen LogP contribution in [0.3, 0.4) is 0 Å². The third-order valence-corrected chi connectivity index (χ3v) is 4.56. The van der Waals surface area contributed by atoms with Crippen LogP contribution in [0.25, 0.3) is 11.2 Å². The summed E-state index contributed by atoms with van der Waals surface area (Å²) >= 11 is 0. The van der Waals surface area contributed by atoms with E-state index in [1.807, 2.05) is 6.07 Å². The molecule has 10 heteroatoms. The molecular weight excluding hydrogens is 342 g/mol. The van der Waals surface area contributed by atoms with Gasteiger partial charge in [0.25, 0.3) is 0 Å². The lowest BCUT2D eigenvalue weighted by atomic mass is 9.96. The molecule has 0 bridgehead atoms. The maximum atomic E-state index is 10.6. The number of nitrogens with one attached hydrogen (secondary N) is 1. The average Bonchev–Trinajstić information content (AvgIpc) is 3.34. The summed E-state index contributed by atoms with van der Waals surface area (Å²) in [7, 11) is 0. The largest absolute Gasteiger partial charge is 0.467 e. The topological polar surface area (TPSA) is 139 Å². The first-order valence-corrected chi connectivity index (χ1v) is 8.13. The zero-order valence-electron chi connectivity index (χ0n) is 14.0. The molecule has 3 aromatic heterocycles. The van der Waals surface area contributed by atoms with Gasteiger partial charge >= 0.3 is 0 Å². The summed E-state index contributed by atoms with van der Waals surface area (Å²) in [6.07, 6.45) is 1.33. The van der Waals surface area contributed by atoms with Gasteiger partial charge in [0.05, 0.1) is 25.7 Å². The summed E-state index contributed by atoms with van der Waals surface area (Å²) < 4.78 is 12.4. The van der Waals surface area contributed by atoms with Gasteiger partial charge in [-0.15, -0.1) is 0 Å². The van der Waals surface area contributed by atoms with E-state index in [1.165, 1.54) is 24.1 Å². The van der Waals surface area contributed by atoms with Gasteiger partial charge in [-0.3, -0.25) is 4.57 Å². The van der Waals surface area contributed by atoms with Crippen LogP contribution < -0.4 is 5.32 Å². The van der Waals surface area contributed by atoms with Crippen molar-refractivity contribution in [3.05, 3.63) is 36.8 Å². The maximum Gasteiger partial charge on any atom is 0.168 e. The Balaban J connectivity index is 1.66. The second kappa shape index (κ2) is 6.32. The van der Waals surface area contributed by atoms with Gasteiger partial charge in [-0.05, 0) is 19.1 Å². The number of hydrogen-bond acceptors (Lipinski definition) is 9. The van der Waals surface area contributed by atoms with Gasteiger partial charge in [0, 0.05) is 0 Å². The molecule has 4 heterocycles. The molecule has 1 saturated heterocycles. The van der Waals surface area contributed by atoms with E-state index >= 15 is 0 Å². The Hall–Kier alpha value is -2.53. The van der Waals surface area contributed by atoms with Gasteiger partial charge in [-0.1, -0.05) is 0 Å². The van der Waals surface area contributed by atoms with E-state index in [1.54, 1.807) is 12.3 Å². The Morgan fingerprint density at radius 1 is 1.35 bits per heavy atom. The van der Waals surface area contributed by atoms with Crippen molar-refractivity contribution in [1.82, 2.24) is 19.5 Å². The van der Waals surface area contributed by atoms with Gasteiger partial charge in [-0.25, -0.2) is 15.0 Å². The van der Waals surface area contributed by atoms with Crippen molar-refractivity contribution in [1.29, 1.82) is 0 Å². The highest BCUT2D eigenvalue weighted by atomic mass is 16.6.